The molecule has 0 spiro atoms. The van der Waals surface area contributed by atoms with Crippen LogP contribution in [0.15, 0.2) is 12.5 Å². The molecule has 1 aromatic rings. The lowest BCUT2D eigenvalue weighted by atomic mass is 10.2. The molecule has 1 unspecified atom stereocenters. The van der Waals surface area contributed by atoms with Crippen molar-refractivity contribution in [3.05, 3.63) is 18.2 Å². The maximum atomic E-state index is 11.2. The second kappa shape index (κ2) is 5.79. The van der Waals surface area contributed by atoms with Gasteiger partial charge in [-0.25, -0.2) is 4.98 Å². The maximum absolute atomic E-state index is 11.2. The molecule has 1 atom stereocenters. The molecule has 1 aliphatic heterocycles. The number of ether oxygens (including phenoxy) is 1. The first-order chi connectivity index (χ1) is 8.31. The van der Waals surface area contributed by atoms with E-state index in [0.717, 1.165) is 18.8 Å². The van der Waals surface area contributed by atoms with Gasteiger partial charge in [-0.3, -0.25) is 4.79 Å². The van der Waals surface area contributed by atoms with Gasteiger partial charge < -0.3 is 19.9 Å². The van der Waals surface area contributed by atoms with Crippen LogP contribution in [0.3, 0.4) is 0 Å². The Hall–Kier alpha value is -1.40. The highest BCUT2D eigenvalue weighted by molar-refractivity contribution is 5.78. The summed E-state index contributed by atoms with van der Waals surface area (Å²) in [4.78, 5) is 15.3. The second-order valence-electron chi connectivity index (χ2n) is 4.12. The van der Waals surface area contributed by atoms with Gasteiger partial charge in [-0.05, 0) is 0 Å². The number of carbonyl (C=O) groups excluding carboxylic acids is 1. The SMILES string of the molecule is COCCNCc1cncn1C1CNC(=O)C1. The summed E-state index contributed by atoms with van der Waals surface area (Å²) in [5, 5.41) is 6.11. The Morgan fingerprint density at radius 2 is 2.59 bits per heavy atom. The lowest BCUT2D eigenvalue weighted by molar-refractivity contribution is -0.119. The fraction of sp³-hybridized carbons (Fsp3) is 0.636. The van der Waals surface area contributed by atoms with Crippen LogP contribution in [0.1, 0.15) is 18.2 Å². The van der Waals surface area contributed by atoms with E-state index in [-0.39, 0.29) is 11.9 Å². The summed E-state index contributed by atoms with van der Waals surface area (Å²) in [6, 6.07) is 0.198. The smallest absolute Gasteiger partial charge is 0.222 e. The van der Waals surface area contributed by atoms with Crippen molar-refractivity contribution in [1.82, 2.24) is 20.2 Å². The molecule has 1 fully saturated rings. The molecule has 0 saturated carbocycles. The third-order valence-electron chi connectivity index (χ3n) is 2.88. The van der Waals surface area contributed by atoms with Crippen molar-refractivity contribution >= 4 is 5.91 Å². The molecule has 0 aliphatic carbocycles. The summed E-state index contributed by atoms with van der Waals surface area (Å²) in [5.74, 6) is 0.113. The van der Waals surface area contributed by atoms with Crippen molar-refractivity contribution in [2.75, 3.05) is 26.8 Å². The summed E-state index contributed by atoms with van der Waals surface area (Å²) in [6.07, 6.45) is 4.17. The van der Waals surface area contributed by atoms with Gasteiger partial charge in [0.2, 0.25) is 5.91 Å². The van der Waals surface area contributed by atoms with E-state index in [1.807, 2.05) is 6.20 Å². The summed E-state index contributed by atoms with van der Waals surface area (Å²) >= 11 is 0. The second-order valence-corrected chi connectivity index (χ2v) is 4.12. The van der Waals surface area contributed by atoms with Gasteiger partial charge in [0.15, 0.2) is 0 Å². The quantitative estimate of drug-likeness (QED) is 0.667. The molecule has 6 nitrogen and oxygen atoms in total. The molecule has 1 saturated heterocycles. The molecule has 0 radical (unpaired) electrons. The van der Waals surface area contributed by atoms with Gasteiger partial charge in [-0.2, -0.15) is 0 Å². The van der Waals surface area contributed by atoms with E-state index in [1.54, 1.807) is 13.4 Å². The Kier molecular flexibility index (Phi) is 4.11. The highest BCUT2D eigenvalue weighted by Gasteiger charge is 2.24. The number of imidazole rings is 1. The number of nitrogens with one attached hydrogen (secondary N) is 2. The lowest BCUT2D eigenvalue weighted by Gasteiger charge is -2.13. The van der Waals surface area contributed by atoms with Crippen LogP contribution in [-0.4, -0.2) is 42.3 Å². The topological polar surface area (TPSA) is 68.2 Å². The molecule has 2 rings (SSSR count). The normalized spacial score (nSPS) is 19.6. The zero-order valence-electron chi connectivity index (χ0n) is 9.98. The minimum Gasteiger partial charge on any atom is -0.383 e. The van der Waals surface area contributed by atoms with Gasteiger partial charge in [0.1, 0.15) is 0 Å². The summed E-state index contributed by atoms with van der Waals surface area (Å²) in [6.45, 7) is 2.94. The number of hydrogen-bond acceptors (Lipinski definition) is 4. The van der Waals surface area contributed by atoms with Gasteiger partial charge in [-0.15, -0.1) is 0 Å². The van der Waals surface area contributed by atoms with E-state index >= 15 is 0 Å². The van der Waals surface area contributed by atoms with Crippen LogP contribution in [0, 0.1) is 0 Å². The van der Waals surface area contributed by atoms with Crippen LogP contribution >= 0.6 is 0 Å². The van der Waals surface area contributed by atoms with E-state index in [1.165, 1.54) is 0 Å². The first-order valence-electron chi connectivity index (χ1n) is 5.78. The van der Waals surface area contributed by atoms with Crippen LogP contribution < -0.4 is 10.6 Å². The molecule has 94 valence electrons. The third kappa shape index (κ3) is 3.04. The first kappa shape index (κ1) is 12.1. The Morgan fingerprint density at radius 1 is 1.71 bits per heavy atom. The largest absolute Gasteiger partial charge is 0.383 e. The Labute approximate surface area is 100 Å². The zero-order chi connectivity index (χ0) is 12.1. The minimum atomic E-state index is 0.113. The van der Waals surface area contributed by atoms with Gasteiger partial charge in [-0.1, -0.05) is 0 Å². The lowest BCUT2D eigenvalue weighted by Crippen LogP contribution is -2.22. The van der Waals surface area contributed by atoms with Crippen molar-refractivity contribution in [1.29, 1.82) is 0 Å². The number of aromatic nitrogens is 2. The van der Waals surface area contributed by atoms with Crippen molar-refractivity contribution in [2.45, 2.75) is 19.0 Å². The van der Waals surface area contributed by atoms with Gasteiger partial charge in [0, 0.05) is 39.4 Å². The third-order valence-corrected chi connectivity index (χ3v) is 2.88. The molecular formula is C11H18N4O2. The predicted octanol–water partition coefficient (Wildman–Crippen LogP) is -0.320. The van der Waals surface area contributed by atoms with Crippen LogP contribution in [0.4, 0.5) is 0 Å². The van der Waals surface area contributed by atoms with E-state index in [2.05, 4.69) is 20.2 Å². The molecular weight excluding hydrogens is 220 g/mol. The monoisotopic (exact) mass is 238 g/mol. The molecule has 1 aliphatic rings. The van der Waals surface area contributed by atoms with Crippen molar-refractivity contribution in [3.63, 3.8) is 0 Å². The highest BCUT2D eigenvalue weighted by Crippen LogP contribution is 2.17. The van der Waals surface area contributed by atoms with Crippen molar-refractivity contribution < 1.29 is 9.53 Å². The summed E-state index contributed by atoms with van der Waals surface area (Å²) in [5.41, 5.74) is 1.10. The number of rotatable bonds is 6. The molecule has 2 heterocycles. The standard InChI is InChI=1S/C11H18N4O2/c1-17-3-2-12-5-10-6-13-8-15(10)9-4-11(16)14-7-9/h6,8-9,12H,2-5,7H2,1H3,(H,14,16). The number of amides is 1. The molecule has 0 aromatic carbocycles. The van der Waals surface area contributed by atoms with Crippen LogP contribution in [0.2, 0.25) is 0 Å². The Morgan fingerprint density at radius 3 is 3.29 bits per heavy atom. The first-order valence-corrected chi connectivity index (χ1v) is 5.78. The van der Waals surface area contributed by atoms with Gasteiger partial charge >= 0.3 is 0 Å². The van der Waals surface area contributed by atoms with Gasteiger partial charge in [0.25, 0.3) is 0 Å². The maximum Gasteiger partial charge on any atom is 0.222 e. The van der Waals surface area contributed by atoms with Crippen LogP contribution in [0.25, 0.3) is 0 Å². The number of nitrogens with zero attached hydrogens (tertiary/aromatic N) is 2. The average molecular weight is 238 g/mol. The predicted molar refractivity (Wildman–Crippen MR) is 62.5 cm³/mol. The van der Waals surface area contributed by atoms with Gasteiger partial charge in [0.05, 0.1) is 24.7 Å². The van der Waals surface area contributed by atoms with Crippen molar-refractivity contribution in [3.8, 4) is 0 Å². The Balaban J connectivity index is 1.90. The fourth-order valence-electron chi connectivity index (χ4n) is 1.98. The molecule has 6 heteroatoms. The molecule has 1 amide bonds. The Bertz CT molecular complexity index is 377. The summed E-state index contributed by atoms with van der Waals surface area (Å²) in [7, 11) is 1.68. The number of methoxy groups -OCH3 is 1. The van der Waals surface area contributed by atoms with Crippen molar-refractivity contribution in [2.24, 2.45) is 0 Å². The number of hydrogen-bond donors (Lipinski definition) is 2. The van der Waals surface area contributed by atoms with Crippen LogP contribution in [0.5, 0.6) is 0 Å². The fourth-order valence-corrected chi connectivity index (χ4v) is 1.98. The van der Waals surface area contributed by atoms with E-state index < -0.39 is 0 Å². The summed E-state index contributed by atoms with van der Waals surface area (Å²) < 4.78 is 7.03. The minimum absolute atomic E-state index is 0.113. The van der Waals surface area contributed by atoms with E-state index in [0.29, 0.717) is 19.6 Å². The zero-order valence-corrected chi connectivity index (χ0v) is 9.98. The molecule has 0 bridgehead atoms. The van der Waals surface area contributed by atoms with Crippen LogP contribution in [-0.2, 0) is 16.1 Å². The number of carbonyl (C=O) groups is 1. The molecule has 17 heavy (non-hydrogen) atoms. The van der Waals surface area contributed by atoms with E-state index in [4.69, 9.17) is 4.74 Å². The molecule has 1 aromatic heterocycles. The average Bonchev–Trinajstić information content (AvgIpc) is 2.93. The highest BCUT2D eigenvalue weighted by atomic mass is 16.5. The van der Waals surface area contributed by atoms with E-state index in [9.17, 15) is 4.79 Å². The molecule has 2 N–H and O–H groups in total.